The molecule has 8 atom stereocenters. The van der Waals surface area contributed by atoms with E-state index in [1.807, 2.05) is 6.92 Å². The molecule has 0 N–H and O–H groups in total. The van der Waals surface area contributed by atoms with Crippen molar-refractivity contribution in [1.29, 1.82) is 0 Å². The first-order chi connectivity index (χ1) is 13.5. The van der Waals surface area contributed by atoms with E-state index < -0.39 is 5.92 Å². The molecule has 4 aliphatic rings. The zero-order chi connectivity index (χ0) is 19.9. The molecular formula is C25H40O3. The van der Waals surface area contributed by atoms with Crippen molar-refractivity contribution in [2.75, 3.05) is 6.61 Å². The van der Waals surface area contributed by atoms with Crippen LogP contribution >= 0.6 is 0 Å². The predicted octanol–water partition coefficient (Wildman–Crippen LogP) is 5.80. The Balaban J connectivity index is 1.48. The maximum Gasteiger partial charge on any atom is 0.316 e. The largest absolute Gasteiger partial charge is 0.465 e. The fraction of sp³-hybridized carbons (Fsp3) is 0.920. The molecule has 0 saturated heterocycles. The fourth-order valence-electron chi connectivity index (χ4n) is 8.12. The number of carbonyl (C=O) groups excluding carboxylic acids is 2. The number of fused-ring (bicyclic) bond motifs is 5. The molecule has 4 rings (SSSR count). The second kappa shape index (κ2) is 8.11. The van der Waals surface area contributed by atoms with Crippen molar-refractivity contribution in [2.45, 2.75) is 91.4 Å². The summed E-state index contributed by atoms with van der Waals surface area (Å²) >= 11 is 0. The molecule has 0 aromatic carbocycles. The summed E-state index contributed by atoms with van der Waals surface area (Å²) in [5.74, 6) is 4.31. The molecule has 0 amide bonds. The summed E-state index contributed by atoms with van der Waals surface area (Å²) in [4.78, 5) is 25.7. The van der Waals surface area contributed by atoms with E-state index in [9.17, 15) is 9.59 Å². The number of Topliss-reactive ketones (excluding diaryl/α,β-unsaturated/α-hetero) is 1. The minimum atomic E-state index is -0.501. The van der Waals surface area contributed by atoms with Gasteiger partial charge in [0.05, 0.1) is 6.61 Å². The van der Waals surface area contributed by atoms with Crippen molar-refractivity contribution in [3.63, 3.8) is 0 Å². The van der Waals surface area contributed by atoms with Crippen molar-refractivity contribution in [2.24, 2.45) is 46.8 Å². The van der Waals surface area contributed by atoms with Gasteiger partial charge in [-0.15, -0.1) is 0 Å². The molecule has 8 unspecified atom stereocenters. The number of rotatable bonds is 4. The number of ketones is 1. The molecule has 0 aromatic heterocycles. The molecule has 0 spiro atoms. The zero-order valence-corrected chi connectivity index (χ0v) is 18.3. The summed E-state index contributed by atoms with van der Waals surface area (Å²) in [5, 5.41) is 0. The van der Waals surface area contributed by atoms with Crippen molar-refractivity contribution in [3.05, 3.63) is 0 Å². The van der Waals surface area contributed by atoms with Crippen LogP contribution in [0, 0.1) is 46.8 Å². The van der Waals surface area contributed by atoms with Crippen molar-refractivity contribution in [3.8, 4) is 0 Å². The van der Waals surface area contributed by atoms with Gasteiger partial charge in [0.2, 0.25) is 0 Å². The first-order valence-electron chi connectivity index (χ1n) is 12.2. The number of esters is 1. The molecule has 158 valence electrons. The number of hydrogen-bond donors (Lipinski definition) is 0. The third-order valence-electron chi connectivity index (χ3n) is 9.37. The van der Waals surface area contributed by atoms with Crippen LogP contribution in [0.25, 0.3) is 0 Å². The maximum absolute atomic E-state index is 13.4. The van der Waals surface area contributed by atoms with E-state index >= 15 is 0 Å². The topological polar surface area (TPSA) is 43.4 Å². The molecule has 4 saturated carbocycles. The summed E-state index contributed by atoms with van der Waals surface area (Å²) < 4.78 is 5.22. The zero-order valence-electron chi connectivity index (χ0n) is 18.3. The van der Waals surface area contributed by atoms with Gasteiger partial charge in [0, 0.05) is 5.41 Å². The van der Waals surface area contributed by atoms with Gasteiger partial charge in [-0.05, 0) is 93.8 Å². The maximum atomic E-state index is 13.4. The minimum Gasteiger partial charge on any atom is -0.465 e. The predicted molar refractivity (Wildman–Crippen MR) is 111 cm³/mol. The third kappa shape index (κ3) is 3.35. The van der Waals surface area contributed by atoms with Gasteiger partial charge in [0.15, 0.2) is 5.78 Å². The van der Waals surface area contributed by atoms with Crippen LogP contribution in [0.5, 0.6) is 0 Å². The van der Waals surface area contributed by atoms with Gasteiger partial charge in [-0.1, -0.05) is 33.1 Å². The molecule has 28 heavy (non-hydrogen) atoms. The van der Waals surface area contributed by atoms with Crippen LogP contribution in [0.3, 0.4) is 0 Å². The second-order valence-electron chi connectivity index (χ2n) is 10.6. The summed E-state index contributed by atoms with van der Waals surface area (Å²) in [6.45, 7) is 6.71. The molecular weight excluding hydrogens is 348 g/mol. The first-order valence-corrected chi connectivity index (χ1v) is 12.2. The SMILES string of the molecule is CCCC1CCC2C(CCC3C2CCC2(C)C(=O)C(C(=O)OCC)CCC32)C1. The average Bonchev–Trinajstić information content (AvgIpc) is 2.69. The monoisotopic (exact) mass is 388 g/mol. The minimum absolute atomic E-state index is 0.203. The Morgan fingerprint density at radius 1 is 1.00 bits per heavy atom. The van der Waals surface area contributed by atoms with Crippen LogP contribution in [0.15, 0.2) is 0 Å². The smallest absolute Gasteiger partial charge is 0.316 e. The van der Waals surface area contributed by atoms with Crippen molar-refractivity contribution >= 4 is 11.8 Å². The van der Waals surface area contributed by atoms with Gasteiger partial charge in [0.1, 0.15) is 5.92 Å². The third-order valence-corrected chi connectivity index (χ3v) is 9.37. The van der Waals surface area contributed by atoms with Crippen molar-refractivity contribution in [1.82, 2.24) is 0 Å². The van der Waals surface area contributed by atoms with E-state index in [1.165, 1.54) is 51.4 Å². The number of ether oxygens (including phenoxy) is 1. The fourth-order valence-corrected chi connectivity index (χ4v) is 8.12. The van der Waals surface area contributed by atoms with E-state index in [0.717, 1.165) is 42.4 Å². The summed E-state index contributed by atoms with van der Waals surface area (Å²) in [6.07, 6.45) is 13.7. The summed E-state index contributed by atoms with van der Waals surface area (Å²) in [5.41, 5.74) is -0.289. The molecule has 4 aliphatic carbocycles. The molecule has 3 heteroatoms. The van der Waals surface area contributed by atoms with Crippen LogP contribution in [0.2, 0.25) is 0 Å². The first kappa shape index (κ1) is 20.4. The van der Waals surface area contributed by atoms with Gasteiger partial charge >= 0.3 is 5.97 Å². The highest BCUT2D eigenvalue weighted by Gasteiger charge is 2.58. The molecule has 4 fully saturated rings. The van der Waals surface area contributed by atoms with E-state index in [-0.39, 0.29) is 17.2 Å². The Morgan fingerprint density at radius 2 is 1.79 bits per heavy atom. The molecule has 0 radical (unpaired) electrons. The average molecular weight is 389 g/mol. The van der Waals surface area contributed by atoms with Crippen LogP contribution < -0.4 is 0 Å². The van der Waals surface area contributed by atoms with E-state index in [4.69, 9.17) is 4.74 Å². The summed E-state index contributed by atoms with van der Waals surface area (Å²) in [6, 6.07) is 0. The highest BCUT2D eigenvalue weighted by atomic mass is 16.5. The van der Waals surface area contributed by atoms with E-state index in [1.54, 1.807) is 0 Å². The quantitative estimate of drug-likeness (QED) is 0.451. The van der Waals surface area contributed by atoms with Crippen LogP contribution in [0.4, 0.5) is 0 Å². The molecule has 0 aliphatic heterocycles. The van der Waals surface area contributed by atoms with Gasteiger partial charge in [-0.2, -0.15) is 0 Å². The van der Waals surface area contributed by atoms with Gasteiger partial charge < -0.3 is 4.74 Å². The van der Waals surface area contributed by atoms with Gasteiger partial charge in [-0.25, -0.2) is 0 Å². The number of carbonyl (C=O) groups is 2. The highest BCUT2D eigenvalue weighted by Crippen LogP contribution is 2.61. The lowest BCUT2D eigenvalue weighted by molar-refractivity contribution is -0.166. The van der Waals surface area contributed by atoms with Crippen LogP contribution in [-0.2, 0) is 14.3 Å². The van der Waals surface area contributed by atoms with Crippen LogP contribution in [0.1, 0.15) is 91.4 Å². The Bertz CT molecular complexity index is 599. The van der Waals surface area contributed by atoms with Gasteiger partial charge in [0.25, 0.3) is 0 Å². The van der Waals surface area contributed by atoms with Crippen molar-refractivity contribution < 1.29 is 14.3 Å². The Labute approximate surface area is 171 Å². The van der Waals surface area contributed by atoms with Crippen LogP contribution in [-0.4, -0.2) is 18.4 Å². The standard InChI is InChI=1S/C25H40O3/c1-4-6-16-7-9-18-17(15-16)8-10-20-19(18)13-14-25(3)22(20)12-11-21(23(25)26)24(27)28-5-2/h16-22H,4-15H2,1-3H3. The number of hydrogen-bond acceptors (Lipinski definition) is 3. The Hall–Kier alpha value is -0.860. The lowest BCUT2D eigenvalue weighted by Crippen LogP contribution is -2.56. The molecule has 0 heterocycles. The Kier molecular flexibility index (Phi) is 5.91. The van der Waals surface area contributed by atoms with E-state index in [2.05, 4.69) is 13.8 Å². The Morgan fingerprint density at radius 3 is 2.54 bits per heavy atom. The molecule has 0 aromatic rings. The molecule has 3 nitrogen and oxygen atoms in total. The van der Waals surface area contributed by atoms with E-state index in [0.29, 0.717) is 18.9 Å². The van der Waals surface area contributed by atoms with Gasteiger partial charge in [-0.3, -0.25) is 9.59 Å². The highest BCUT2D eigenvalue weighted by molar-refractivity contribution is 6.02. The summed E-state index contributed by atoms with van der Waals surface area (Å²) in [7, 11) is 0. The molecule has 0 bridgehead atoms. The second-order valence-corrected chi connectivity index (χ2v) is 10.6. The lowest BCUT2D eigenvalue weighted by atomic mass is 9.46. The normalized spacial score (nSPS) is 45.5. The lowest BCUT2D eigenvalue weighted by Gasteiger charge is -2.58.